The van der Waals surface area contributed by atoms with E-state index in [0.29, 0.717) is 0 Å². The maximum Gasteiger partial charge on any atom is 0.0574 e. The van der Waals surface area contributed by atoms with E-state index in [4.69, 9.17) is 0 Å². The minimum atomic E-state index is 0.0981. The Morgan fingerprint density at radius 1 is 0.853 bits per heavy atom. The van der Waals surface area contributed by atoms with Gasteiger partial charge in [0.2, 0.25) is 0 Å². The van der Waals surface area contributed by atoms with E-state index in [0.717, 1.165) is 13.1 Å². The summed E-state index contributed by atoms with van der Waals surface area (Å²) in [5, 5.41) is 0. The summed E-state index contributed by atoms with van der Waals surface area (Å²) in [6.45, 7) is 6.63. The highest BCUT2D eigenvalue weighted by Gasteiger charge is 2.41. The summed E-state index contributed by atoms with van der Waals surface area (Å²) in [5.74, 6) is 0. The van der Waals surface area contributed by atoms with Crippen molar-refractivity contribution in [3.05, 3.63) is 84.4 Å². The number of fused-ring (bicyclic) bond motifs is 1. The second-order valence-electron chi connectivity index (χ2n) is 9.30. The zero-order valence-electron chi connectivity index (χ0n) is 20.9. The molecule has 4 rings (SSSR count). The molecule has 1 aliphatic rings. The Hall–Kier alpha value is -1.88. The molecule has 0 N–H and O–H groups in total. The lowest BCUT2D eigenvalue weighted by molar-refractivity contribution is 0.167. The third kappa shape index (κ3) is 5.84. The van der Waals surface area contributed by atoms with E-state index in [1.807, 2.05) is 23.7 Å². The second kappa shape index (κ2) is 12.2. The number of nitrogens with zero attached hydrogens (tertiary/aromatic N) is 2. The van der Waals surface area contributed by atoms with E-state index in [9.17, 15) is 0 Å². The molecule has 34 heavy (non-hydrogen) atoms. The van der Waals surface area contributed by atoms with Gasteiger partial charge in [-0.15, -0.1) is 11.8 Å². The highest BCUT2D eigenvalue weighted by Crippen LogP contribution is 2.48. The number of hydrogen-bond acceptors (Lipinski definition) is 4. The van der Waals surface area contributed by atoms with Crippen LogP contribution in [0.5, 0.6) is 0 Å². The fraction of sp³-hybridized carbons (Fsp3) is 0.400. The number of anilines is 2. The zero-order valence-corrected chi connectivity index (χ0v) is 22.5. The van der Waals surface area contributed by atoms with E-state index in [2.05, 4.69) is 108 Å². The lowest BCUT2D eigenvalue weighted by atomic mass is 9.85. The van der Waals surface area contributed by atoms with Crippen LogP contribution in [0.3, 0.4) is 0 Å². The molecule has 0 fully saturated rings. The summed E-state index contributed by atoms with van der Waals surface area (Å²) in [6.07, 6.45) is 9.58. The Morgan fingerprint density at radius 2 is 1.50 bits per heavy atom. The first-order chi connectivity index (χ1) is 16.7. The summed E-state index contributed by atoms with van der Waals surface area (Å²) < 4.78 is 2.74. The van der Waals surface area contributed by atoms with Crippen molar-refractivity contribution in [2.75, 3.05) is 17.7 Å². The first kappa shape index (κ1) is 25.2. The van der Waals surface area contributed by atoms with Crippen molar-refractivity contribution in [3.63, 3.8) is 0 Å². The second-order valence-corrected chi connectivity index (χ2v) is 11.2. The summed E-state index contributed by atoms with van der Waals surface area (Å²) in [7, 11) is 0. The van der Waals surface area contributed by atoms with Gasteiger partial charge in [-0.05, 0) is 66.9 Å². The van der Waals surface area contributed by atoms with Crippen molar-refractivity contribution in [1.82, 2.24) is 4.31 Å². The molecule has 0 amide bonds. The molecule has 3 aromatic rings. The van der Waals surface area contributed by atoms with Crippen molar-refractivity contribution in [1.29, 1.82) is 0 Å². The average Bonchev–Trinajstić information content (AvgIpc) is 3.02. The molecule has 0 spiro atoms. The van der Waals surface area contributed by atoms with E-state index in [-0.39, 0.29) is 5.54 Å². The number of para-hydroxylation sites is 1. The van der Waals surface area contributed by atoms with Gasteiger partial charge < -0.3 is 4.90 Å². The van der Waals surface area contributed by atoms with Gasteiger partial charge in [-0.25, -0.2) is 4.31 Å². The van der Waals surface area contributed by atoms with Crippen molar-refractivity contribution in [3.8, 4) is 0 Å². The molecule has 0 radical (unpaired) electrons. The van der Waals surface area contributed by atoms with Gasteiger partial charge in [0.05, 0.1) is 5.69 Å². The van der Waals surface area contributed by atoms with Crippen molar-refractivity contribution in [2.24, 2.45) is 0 Å². The Morgan fingerprint density at radius 3 is 2.12 bits per heavy atom. The molecule has 0 aromatic heterocycles. The Labute approximate surface area is 215 Å². The van der Waals surface area contributed by atoms with Crippen molar-refractivity contribution in [2.45, 2.75) is 74.2 Å². The summed E-state index contributed by atoms with van der Waals surface area (Å²) >= 11 is 3.81. The quantitative estimate of drug-likeness (QED) is 0.206. The number of rotatable bonds is 10. The van der Waals surface area contributed by atoms with Crippen LogP contribution >= 0.6 is 23.7 Å². The van der Waals surface area contributed by atoms with Gasteiger partial charge in [0.1, 0.15) is 0 Å². The summed E-state index contributed by atoms with van der Waals surface area (Å²) in [4.78, 5) is 5.29. The van der Waals surface area contributed by atoms with Crippen LogP contribution in [0, 0.1) is 0 Å². The van der Waals surface area contributed by atoms with Gasteiger partial charge >= 0.3 is 0 Å². The van der Waals surface area contributed by atoms with Crippen LogP contribution in [0.4, 0.5) is 11.4 Å². The number of thioether (sulfide) groups is 1. The van der Waals surface area contributed by atoms with Crippen LogP contribution in [0.1, 0.15) is 57.9 Å². The van der Waals surface area contributed by atoms with Gasteiger partial charge in [0, 0.05) is 34.1 Å². The maximum atomic E-state index is 2.74. The van der Waals surface area contributed by atoms with E-state index >= 15 is 0 Å². The number of benzene rings is 3. The molecule has 1 heterocycles. The highest BCUT2D eigenvalue weighted by atomic mass is 32.2. The topological polar surface area (TPSA) is 6.48 Å². The number of unbranched alkanes of at least 4 members (excludes halogenated alkanes) is 2. The minimum absolute atomic E-state index is 0.0981. The van der Waals surface area contributed by atoms with E-state index in [1.165, 1.54) is 65.3 Å². The van der Waals surface area contributed by atoms with Gasteiger partial charge in [0.25, 0.3) is 0 Å². The van der Waals surface area contributed by atoms with Crippen molar-refractivity contribution >= 4 is 35.1 Å². The third-order valence-electron chi connectivity index (χ3n) is 6.88. The predicted octanol–water partition coefficient (Wildman–Crippen LogP) is 9.19. The van der Waals surface area contributed by atoms with Crippen LogP contribution in [0.2, 0.25) is 0 Å². The van der Waals surface area contributed by atoms with Gasteiger partial charge in [-0.2, -0.15) is 0 Å². The molecular formula is C30H38N2S2. The zero-order chi connectivity index (χ0) is 23.8. The lowest BCUT2D eigenvalue weighted by Crippen LogP contribution is -2.51. The number of hydrogen-bond donors (Lipinski definition) is 0. The van der Waals surface area contributed by atoms with E-state index in [1.54, 1.807) is 0 Å². The molecule has 4 heteroatoms. The summed E-state index contributed by atoms with van der Waals surface area (Å²) in [5.41, 5.74) is 4.13. The third-order valence-corrected chi connectivity index (χ3v) is 8.88. The molecule has 3 aromatic carbocycles. The van der Waals surface area contributed by atoms with Crippen LogP contribution in [-0.2, 0) is 6.54 Å². The first-order valence-electron chi connectivity index (χ1n) is 12.7. The molecule has 0 unspecified atom stereocenters. The Kier molecular flexibility index (Phi) is 9.04. The maximum absolute atomic E-state index is 2.74. The molecule has 2 nitrogen and oxygen atoms in total. The molecule has 0 aliphatic carbocycles. The molecule has 0 saturated heterocycles. The molecular weight excluding hydrogens is 452 g/mol. The van der Waals surface area contributed by atoms with Crippen molar-refractivity contribution < 1.29 is 0 Å². The van der Waals surface area contributed by atoms with Crippen LogP contribution in [-0.4, -0.2) is 22.6 Å². The Bertz CT molecular complexity index is 1010. The molecule has 0 bridgehead atoms. The molecule has 1 aliphatic heterocycles. The van der Waals surface area contributed by atoms with Gasteiger partial charge in [-0.1, -0.05) is 88.1 Å². The first-order valence-corrected chi connectivity index (χ1v) is 14.7. The standard InChI is InChI=1S/C30H38N2S2/c1-4-6-20-30(21-7-5-2)24-31(26-16-12-9-13-17-26)28-22-27(33-3)18-19-29(28)34-32(30)23-25-14-10-8-11-15-25/h8-19,22H,4-7,20-21,23-24H2,1-3H3. The monoisotopic (exact) mass is 490 g/mol. The molecule has 0 saturated carbocycles. The predicted molar refractivity (Wildman–Crippen MR) is 151 cm³/mol. The fourth-order valence-electron chi connectivity index (χ4n) is 4.92. The van der Waals surface area contributed by atoms with Crippen LogP contribution < -0.4 is 4.90 Å². The highest BCUT2D eigenvalue weighted by molar-refractivity contribution is 7.98. The minimum Gasteiger partial charge on any atom is -0.339 e. The SMILES string of the molecule is CCCCC1(CCCC)CN(c2ccccc2)c2cc(SC)ccc2SN1Cc1ccccc1. The Balaban J connectivity index is 1.85. The molecule has 180 valence electrons. The average molecular weight is 491 g/mol. The van der Waals surface area contributed by atoms with Crippen LogP contribution in [0.25, 0.3) is 0 Å². The lowest BCUT2D eigenvalue weighted by Gasteiger charge is -2.44. The largest absolute Gasteiger partial charge is 0.339 e. The van der Waals surface area contributed by atoms with E-state index < -0.39 is 0 Å². The smallest absolute Gasteiger partial charge is 0.0574 e. The van der Waals surface area contributed by atoms with Crippen LogP contribution in [0.15, 0.2) is 88.7 Å². The van der Waals surface area contributed by atoms with Gasteiger partial charge in [0.15, 0.2) is 0 Å². The normalized spacial score (nSPS) is 15.7. The van der Waals surface area contributed by atoms with Gasteiger partial charge in [-0.3, -0.25) is 0 Å². The molecule has 0 atom stereocenters. The summed E-state index contributed by atoms with van der Waals surface area (Å²) in [6, 6.07) is 29.1. The fourth-order valence-corrected chi connectivity index (χ4v) is 6.63.